The van der Waals surface area contributed by atoms with Crippen molar-refractivity contribution in [2.45, 2.75) is 21.6 Å². The van der Waals surface area contributed by atoms with Gasteiger partial charge in [-0.3, -0.25) is 0 Å². The van der Waals surface area contributed by atoms with Crippen molar-refractivity contribution in [3.63, 3.8) is 0 Å². The number of halogens is 1. The van der Waals surface area contributed by atoms with Crippen molar-refractivity contribution < 1.29 is 4.74 Å². The molecule has 4 aromatic carbocycles. The van der Waals surface area contributed by atoms with E-state index in [0.29, 0.717) is 0 Å². The number of hydrogen-bond acceptors (Lipinski definition) is 2. The van der Waals surface area contributed by atoms with Gasteiger partial charge >= 0.3 is 0 Å². The second-order valence-electron chi connectivity index (χ2n) is 9.12. The van der Waals surface area contributed by atoms with Crippen LogP contribution in [0.2, 0.25) is 0 Å². The van der Waals surface area contributed by atoms with Crippen LogP contribution < -0.4 is 4.74 Å². The summed E-state index contributed by atoms with van der Waals surface area (Å²) in [5.41, 5.74) is 8.39. The number of fused-ring (bicyclic) bond motifs is 10. The van der Waals surface area contributed by atoms with Gasteiger partial charge in [0.25, 0.3) is 0 Å². The van der Waals surface area contributed by atoms with Gasteiger partial charge < -0.3 is 4.74 Å². The van der Waals surface area contributed by atoms with Crippen LogP contribution in [0.1, 0.15) is 28.7 Å². The number of benzene rings is 4. The summed E-state index contributed by atoms with van der Waals surface area (Å²) in [6, 6.07) is 28.2. The maximum atomic E-state index is 6.40. The molecule has 1 spiro atoms. The van der Waals surface area contributed by atoms with Gasteiger partial charge in [0.05, 0.1) is 15.2 Å². The Balaban J connectivity index is 1.58. The number of para-hydroxylation sites is 1. The molecular weight excluding hydrogens is 512 g/mol. The lowest BCUT2D eigenvalue weighted by molar-refractivity contribution is 0.454. The molecule has 0 aromatic heterocycles. The zero-order valence-electron chi connectivity index (χ0n) is 18.9. The molecule has 3 aliphatic rings. The summed E-state index contributed by atoms with van der Waals surface area (Å²) >= 11 is 5.59. The highest BCUT2D eigenvalue weighted by Gasteiger charge is 2.47. The first-order valence-electron chi connectivity index (χ1n) is 11.7. The molecule has 0 radical (unpaired) electrons. The van der Waals surface area contributed by atoms with Gasteiger partial charge in [-0.25, -0.2) is 0 Å². The van der Waals surface area contributed by atoms with Crippen molar-refractivity contribution >= 4 is 33.3 Å². The van der Waals surface area contributed by atoms with Crippen molar-refractivity contribution in [1.29, 1.82) is 0 Å². The van der Waals surface area contributed by atoms with Crippen molar-refractivity contribution in [1.82, 2.24) is 0 Å². The third-order valence-corrected chi connectivity index (χ3v) is 8.93. The van der Waals surface area contributed by atoms with Crippen molar-refractivity contribution in [2.24, 2.45) is 0 Å². The molecule has 168 valence electrons. The van der Waals surface area contributed by atoms with Crippen LogP contribution >= 0.6 is 27.7 Å². The van der Waals surface area contributed by atoms with E-state index < -0.39 is 0 Å². The van der Waals surface area contributed by atoms with Gasteiger partial charge in [-0.2, -0.15) is 0 Å². The van der Waals surface area contributed by atoms with Crippen molar-refractivity contribution in [3.05, 3.63) is 136 Å². The predicted molar refractivity (Wildman–Crippen MR) is 148 cm³/mol. The fraction of sp³-hybridized carbons (Fsp3) is 0.0625. The van der Waals surface area contributed by atoms with Gasteiger partial charge in [0.15, 0.2) is 0 Å². The van der Waals surface area contributed by atoms with Crippen LogP contribution in [0.25, 0.3) is 16.7 Å². The van der Waals surface area contributed by atoms with E-state index in [-0.39, 0.29) is 5.41 Å². The lowest BCUT2D eigenvalue weighted by atomic mass is 9.68. The predicted octanol–water partition coefficient (Wildman–Crippen LogP) is 9.55. The molecule has 35 heavy (non-hydrogen) atoms. The van der Waals surface area contributed by atoms with E-state index in [1.54, 1.807) is 0 Å². The van der Waals surface area contributed by atoms with Crippen LogP contribution in [-0.2, 0) is 5.41 Å². The molecule has 1 heterocycles. The molecule has 1 atom stereocenters. The Bertz CT molecular complexity index is 1610. The largest absolute Gasteiger partial charge is 0.455 e. The van der Waals surface area contributed by atoms with Gasteiger partial charge in [-0.05, 0) is 70.1 Å². The minimum absolute atomic E-state index is 0.330. The minimum atomic E-state index is -0.330. The van der Waals surface area contributed by atoms with Gasteiger partial charge in [0, 0.05) is 10.0 Å². The van der Waals surface area contributed by atoms with Crippen LogP contribution in [0, 0.1) is 0 Å². The highest BCUT2D eigenvalue weighted by Crippen LogP contribution is 2.62. The molecule has 0 saturated carbocycles. The monoisotopic (exact) mass is 532 g/mol. The first-order valence-corrected chi connectivity index (χ1v) is 13.3. The fourth-order valence-electron chi connectivity index (χ4n) is 5.79. The second-order valence-corrected chi connectivity index (χ2v) is 11.1. The third kappa shape index (κ3) is 3.01. The Hall–Kier alpha value is -3.27. The van der Waals surface area contributed by atoms with Crippen molar-refractivity contribution in [3.8, 4) is 22.6 Å². The van der Waals surface area contributed by atoms with Crippen LogP contribution in [-0.4, -0.2) is 0 Å². The zero-order valence-corrected chi connectivity index (χ0v) is 21.3. The van der Waals surface area contributed by atoms with E-state index >= 15 is 0 Å². The fourth-order valence-corrected chi connectivity index (χ4v) is 7.26. The van der Waals surface area contributed by atoms with Crippen LogP contribution in [0.3, 0.4) is 0 Å². The third-order valence-electron chi connectivity index (χ3n) is 7.27. The van der Waals surface area contributed by atoms with E-state index in [9.17, 15) is 0 Å². The molecule has 2 aliphatic carbocycles. The topological polar surface area (TPSA) is 9.23 Å². The van der Waals surface area contributed by atoms with Crippen LogP contribution in [0.5, 0.6) is 11.5 Å². The Morgan fingerprint density at radius 1 is 0.800 bits per heavy atom. The summed E-state index contributed by atoms with van der Waals surface area (Å²) in [4.78, 5) is 2.35. The average Bonchev–Trinajstić information content (AvgIpc) is 3.20. The van der Waals surface area contributed by atoms with Crippen molar-refractivity contribution in [2.75, 3.05) is 0 Å². The highest BCUT2D eigenvalue weighted by atomic mass is 79.9. The van der Waals surface area contributed by atoms with Gasteiger partial charge in [-0.1, -0.05) is 107 Å². The van der Waals surface area contributed by atoms with Crippen LogP contribution in [0.4, 0.5) is 0 Å². The lowest BCUT2D eigenvalue weighted by Crippen LogP contribution is -2.27. The first kappa shape index (κ1) is 21.0. The molecule has 0 N–H and O–H groups in total. The maximum Gasteiger partial charge on any atom is 0.142 e. The number of allylic oxidation sites excluding steroid dienone is 5. The van der Waals surface area contributed by atoms with Crippen LogP contribution in [0.15, 0.2) is 124 Å². The zero-order chi connectivity index (χ0) is 23.6. The molecule has 4 aromatic rings. The molecule has 0 bridgehead atoms. The Labute approximate surface area is 218 Å². The maximum absolute atomic E-state index is 6.40. The number of hydrogen-bond donors (Lipinski definition) is 0. The SMILES string of the molecule is C=C1/C=C\C=C/CC2(c3cc(Br)ccc31)c1ccccc1-c1c2ccc2c1Sc1ccccc1O2. The Morgan fingerprint density at radius 2 is 1.66 bits per heavy atom. The molecule has 1 nitrogen and oxygen atoms in total. The molecule has 3 heteroatoms. The molecule has 1 aliphatic heterocycles. The molecule has 1 unspecified atom stereocenters. The summed E-state index contributed by atoms with van der Waals surface area (Å²) in [5.74, 6) is 1.85. The standard InChI is InChI=1S/C32H21BrOS/c1-20-9-3-2-8-18-32(26-19-21(33)14-15-22(20)26)24-11-5-4-10-23(24)30-25(32)16-17-28-31(30)35-29-13-7-6-12-27(29)34-28/h2-17,19H,1,18H2/b8-2-,9-3-. The molecule has 7 rings (SSSR count). The molecule has 0 amide bonds. The van der Waals surface area contributed by atoms with E-state index in [4.69, 9.17) is 4.74 Å². The van der Waals surface area contributed by atoms with E-state index in [1.807, 2.05) is 23.9 Å². The number of rotatable bonds is 0. The molecule has 0 fully saturated rings. The number of ether oxygens (including phenoxy) is 1. The first-order chi connectivity index (χ1) is 17.2. The van der Waals surface area contributed by atoms with E-state index in [1.165, 1.54) is 38.3 Å². The summed E-state index contributed by atoms with van der Waals surface area (Å²) in [7, 11) is 0. The van der Waals surface area contributed by atoms with Gasteiger partial charge in [0.1, 0.15) is 11.5 Å². The van der Waals surface area contributed by atoms with E-state index in [2.05, 4.69) is 114 Å². The summed E-state index contributed by atoms with van der Waals surface area (Å²) in [6.07, 6.45) is 9.52. The normalized spacial score (nSPS) is 20.8. The highest BCUT2D eigenvalue weighted by molar-refractivity contribution is 9.10. The summed E-state index contributed by atoms with van der Waals surface area (Å²) in [5, 5.41) is 0. The molecule has 0 saturated heterocycles. The lowest BCUT2D eigenvalue weighted by Gasteiger charge is -2.34. The summed E-state index contributed by atoms with van der Waals surface area (Å²) in [6.45, 7) is 4.43. The Kier molecular flexibility index (Phi) is 4.74. The molecular formula is C32H21BrOS. The minimum Gasteiger partial charge on any atom is -0.455 e. The Morgan fingerprint density at radius 3 is 2.60 bits per heavy atom. The van der Waals surface area contributed by atoms with Gasteiger partial charge in [-0.15, -0.1) is 0 Å². The smallest absolute Gasteiger partial charge is 0.142 e. The van der Waals surface area contributed by atoms with E-state index in [0.717, 1.165) is 32.9 Å². The summed E-state index contributed by atoms with van der Waals surface area (Å²) < 4.78 is 7.47. The van der Waals surface area contributed by atoms with Gasteiger partial charge in [0.2, 0.25) is 0 Å². The quantitative estimate of drug-likeness (QED) is 0.196. The average molecular weight is 533 g/mol. The second kappa shape index (κ2) is 7.87.